The van der Waals surface area contributed by atoms with E-state index in [1.807, 2.05) is 0 Å². The molecule has 14 heavy (non-hydrogen) atoms. The molecule has 0 amide bonds. The van der Waals surface area contributed by atoms with Crippen LogP contribution in [0.4, 0.5) is 0 Å². The predicted octanol–water partition coefficient (Wildman–Crippen LogP) is 3.04. The number of alkyl halides is 1. The number of rotatable bonds is 3. The van der Waals surface area contributed by atoms with Crippen LogP contribution in [0.2, 0.25) is 0 Å². The van der Waals surface area contributed by atoms with Crippen molar-refractivity contribution in [1.82, 2.24) is 4.90 Å². The predicted molar refractivity (Wildman–Crippen MR) is 62.8 cm³/mol. The van der Waals surface area contributed by atoms with E-state index in [9.17, 15) is 0 Å². The minimum Gasteiger partial charge on any atom is -0.302 e. The smallest absolute Gasteiger partial charge is 0.0100 e. The number of halogens is 1. The zero-order valence-electron chi connectivity index (χ0n) is 8.90. The summed E-state index contributed by atoms with van der Waals surface area (Å²) in [6, 6.07) is 0. The molecule has 1 heterocycles. The van der Waals surface area contributed by atoms with Crippen LogP contribution >= 0.6 is 15.9 Å². The fourth-order valence-electron chi connectivity index (χ4n) is 3.23. The van der Waals surface area contributed by atoms with E-state index in [0.717, 1.165) is 5.41 Å². The van der Waals surface area contributed by atoms with Crippen LogP contribution in [0.3, 0.4) is 0 Å². The van der Waals surface area contributed by atoms with Crippen molar-refractivity contribution in [3.05, 3.63) is 0 Å². The van der Waals surface area contributed by atoms with E-state index in [2.05, 4.69) is 20.8 Å². The minimum atomic E-state index is 0.690. The highest BCUT2D eigenvalue weighted by molar-refractivity contribution is 9.09. The largest absolute Gasteiger partial charge is 0.302 e. The van der Waals surface area contributed by atoms with E-state index in [0.29, 0.717) is 5.41 Å². The van der Waals surface area contributed by atoms with Gasteiger partial charge in [-0.2, -0.15) is 0 Å². The Morgan fingerprint density at radius 1 is 1.07 bits per heavy atom. The Morgan fingerprint density at radius 2 is 1.86 bits per heavy atom. The first-order valence-electron chi connectivity index (χ1n) is 6.04. The average molecular weight is 258 g/mol. The van der Waals surface area contributed by atoms with Crippen LogP contribution in [-0.2, 0) is 0 Å². The van der Waals surface area contributed by atoms with Crippen LogP contribution in [0, 0.1) is 10.8 Å². The van der Waals surface area contributed by atoms with Crippen molar-refractivity contribution in [3.63, 3.8) is 0 Å². The van der Waals surface area contributed by atoms with Gasteiger partial charge in [0.05, 0.1) is 0 Å². The quantitative estimate of drug-likeness (QED) is 0.703. The highest BCUT2D eigenvalue weighted by atomic mass is 79.9. The SMILES string of the molecule is BrCC1(CN2CCC3(CCC3)C2)CC1. The van der Waals surface area contributed by atoms with E-state index < -0.39 is 0 Å². The lowest BCUT2D eigenvalue weighted by Crippen LogP contribution is -2.35. The first-order chi connectivity index (χ1) is 6.76. The number of hydrogen-bond acceptors (Lipinski definition) is 1. The van der Waals surface area contributed by atoms with Gasteiger partial charge in [-0.25, -0.2) is 0 Å². The molecule has 0 aromatic rings. The summed E-state index contributed by atoms with van der Waals surface area (Å²) in [5.41, 5.74) is 1.48. The van der Waals surface area contributed by atoms with Gasteiger partial charge in [0.2, 0.25) is 0 Å². The molecule has 0 aromatic carbocycles. The van der Waals surface area contributed by atoms with Gasteiger partial charge in [0, 0.05) is 18.4 Å². The van der Waals surface area contributed by atoms with E-state index in [1.165, 1.54) is 63.5 Å². The Kier molecular flexibility index (Phi) is 2.22. The Bertz CT molecular complexity index is 230. The Morgan fingerprint density at radius 3 is 2.29 bits per heavy atom. The summed E-state index contributed by atoms with van der Waals surface area (Å²) < 4.78 is 0. The molecule has 80 valence electrons. The van der Waals surface area contributed by atoms with Gasteiger partial charge in [0.15, 0.2) is 0 Å². The third kappa shape index (κ3) is 1.55. The number of nitrogens with zero attached hydrogens (tertiary/aromatic N) is 1. The Hall–Kier alpha value is 0.440. The van der Waals surface area contributed by atoms with Crippen LogP contribution < -0.4 is 0 Å². The maximum Gasteiger partial charge on any atom is 0.0100 e. The van der Waals surface area contributed by atoms with Gasteiger partial charge in [0.1, 0.15) is 0 Å². The topological polar surface area (TPSA) is 3.24 Å². The lowest BCUT2D eigenvalue weighted by atomic mass is 9.68. The first kappa shape index (κ1) is 9.65. The molecule has 0 aromatic heterocycles. The van der Waals surface area contributed by atoms with E-state index in [1.54, 1.807) is 0 Å². The van der Waals surface area contributed by atoms with Crippen LogP contribution in [0.5, 0.6) is 0 Å². The van der Waals surface area contributed by atoms with Crippen molar-refractivity contribution in [3.8, 4) is 0 Å². The molecule has 1 saturated heterocycles. The van der Waals surface area contributed by atoms with Gasteiger partial charge in [-0.15, -0.1) is 0 Å². The molecular formula is C12H20BrN. The summed E-state index contributed by atoms with van der Waals surface area (Å²) in [5.74, 6) is 0. The molecule has 2 heteroatoms. The molecule has 3 rings (SSSR count). The second kappa shape index (κ2) is 3.21. The van der Waals surface area contributed by atoms with E-state index in [-0.39, 0.29) is 0 Å². The van der Waals surface area contributed by atoms with Crippen molar-refractivity contribution in [1.29, 1.82) is 0 Å². The summed E-state index contributed by atoms with van der Waals surface area (Å²) in [6.45, 7) is 4.18. The van der Waals surface area contributed by atoms with Crippen LogP contribution in [0.15, 0.2) is 0 Å². The molecule has 3 fully saturated rings. The molecule has 1 nitrogen and oxygen atoms in total. The van der Waals surface area contributed by atoms with Crippen molar-refractivity contribution in [2.45, 2.75) is 38.5 Å². The second-order valence-electron chi connectivity index (χ2n) is 5.95. The fraction of sp³-hybridized carbons (Fsp3) is 1.00. The van der Waals surface area contributed by atoms with E-state index >= 15 is 0 Å². The zero-order chi connectivity index (χ0) is 9.65. The summed E-state index contributed by atoms with van der Waals surface area (Å²) >= 11 is 3.67. The Balaban J connectivity index is 1.55. The third-order valence-electron chi connectivity index (χ3n) is 4.73. The van der Waals surface area contributed by atoms with Crippen LogP contribution in [0.1, 0.15) is 38.5 Å². The summed E-state index contributed by atoms with van der Waals surface area (Å²) in [7, 11) is 0. The molecule has 2 saturated carbocycles. The molecule has 0 radical (unpaired) electrons. The molecule has 0 atom stereocenters. The van der Waals surface area contributed by atoms with Gasteiger partial charge >= 0.3 is 0 Å². The minimum absolute atomic E-state index is 0.690. The molecule has 0 N–H and O–H groups in total. The number of hydrogen-bond donors (Lipinski definition) is 0. The normalized spacial score (nSPS) is 33.2. The summed E-state index contributed by atoms with van der Waals surface area (Å²) in [5, 5.41) is 1.23. The van der Waals surface area contributed by atoms with E-state index in [4.69, 9.17) is 0 Å². The highest BCUT2D eigenvalue weighted by Crippen LogP contribution is 2.52. The van der Waals surface area contributed by atoms with Crippen LogP contribution in [0.25, 0.3) is 0 Å². The van der Waals surface area contributed by atoms with Crippen molar-refractivity contribution in [2.24, 2.45) is 10.8 Å². The van der Waals surface area contributed by atoms with Gasteiger partial charge in [-0.3, -0.25) is 0 Å². The van der Waals surface area contributed by atoms with Gasteiger partial charge < -0.3 is 4.90 Å². The first-order valence-corrected chi connectivity index (χ1v) is 7.17. The maximum absolute atomic E-state index is 3.67. The molecular weight excluding hydrogens is 238 g/mol. The maximum atomic E-state index is 3.67. The Labute approximate surface area is 95.4 Å². The monoisotopic (exact) mass is 257 g/mol. The van der Waals surface area contributed by atoms with Gasteiger partial charge in [-0.05, 0) is 49.5 Å². The lowest BCUT2D eigenvalue weighted by molar-refractivity contribution is 0.133. The second-order valence-corrected chi connectivity index (χ2v) is 6.51. The summed E-state index contributed by atoms with van der Waals surface area (Å²) in [6.07, 6.45) is 8.95. The van der Waals surface area contributed by atoms with Crippen molar-refractivity contribution < 1.29 is 0 Å². The van der Waals surface area contributed by atoms with Crippen molar-refractivity contribution in [2.75, 3.05) is 25.0 Å². The fourth-order valence-corrected chi connectivity index (χ4v) is 3.97. The molecule has 3 aliphatic rings. The average Bonchev–Trinajstić information content (AvgIpc) is 2.75. The van der Waals surface area contributed by atoms with Crippen molar-refractivity contribution >= 4 is 15.9 Å². The van der Waals surface area contributed by atoms with Crippen LogP contribution in [-0.4, -0.2) is 29.9 Å². The molecule has 1 spiro atoms. The van der Waals surface area contributed by atoms with Gasteiger partial charge in [-0.1, -0.05) is 22.4 Å². The highest BCUT2D eigenvalue weighted by Gasteiger charge is 2.47. The molecule has 0 unspecified atom stereocenters. The summed E-state index contributed by atoms with van der Waals surface area (Å²) in [4.78, 5) is 2.74. The third-order valence-corrected chi connectivity index (χ3v) is 5.92. The molecule has 0 bridgehead atoms. The van der Waals surface area contributed by atoms with Gasteiger partial charge in [0.25, 0.3) is 0 Å². The molecule has 2 aliphatic carbocycles. The molecule has 1 aliphatic heterocycles. The standard InChI is InChI=1S/C12H20BrN/c13-8-12(4-5-12)10-14-7-6-11(9-14)2-1-3-11/h1-10H2. The zero-order valence-corrected chi connectivity index (χ0v) is 10.5. The number of likely N-dealkylation sites (tertiary alicyclic amines) is 1. The lowest BCUT2D eigenvalue weighted by Gasteiger charge is -2.38.